The van der Waals surface area contributed by atoms with E-state index in [1.807, 2.05) is 31.2 Å². The number of aliphatic hydroxyl groups is 1. The van der Waals surface area contributed by atoms with Gasteiger partial charge >= 0.3 is 0 Å². The third-order valence-corrected chi connectivity index (χ3v) is 6.44. The molecule has 2 heterocycles. The van der Waals surface area contributed by atoms with Crippen molar-refractivity contribution in [3.05, 3.63) is 125 Å². The summed E-state index contributed by atoms with van der Waals surface area (Å²) in [4.78, 5) is 27.6. The molecule has 4 aromatic rings. The highest BCUT2D eigenvalue weighted by atomic mass is 16.5. The largest absolute Gasteiger partial charge is 0.508 e. The molecule has 0 aliphatic carbocycles. The second kappa shape index (κ2) is 10.1. The van der Waals surface area contributed by atoms with Gasteiger partial charge in [0.05, 0.1) is 24.4 Å². The second-order valence-electron chi connectivity index (χ2n) is 8.84. The normalized spacial score (nSPS) is 16.8. The molecule has 1 aromatic heterocycles. The summed E-state index contributed by atoms with van der Waals surface area (Å²) in [6.07, 6.45) is 1.49. The molecule has 1 atom stereocenters. The van der Waals surface area contributed by atoms with E-state index < -0.39 is 17.7 Å². The van der Waals surface area contributed by atoms with Crippen molar-refractivity contribution in [2.75, 3.05) is 0 Å². The molecule has 1 saturated heterocycles. The van der Waals surface area contributed by atoms with Crippen molar-refractivity contribution in [1.82, 2.24) is 4.90 Å². The summed E-state index contributed by atoms with van der Waals surface area (Å²) >= 11 is 0. The average molecular weight is 496 g/mol. The maximum atomic E-state index is 13.2. The van der Waals surface area contributed by atoms with Gasteiger partial charge in [0.1, 0.15) is 29.6 Å². The van der Waals surface area contributed by atoms with E-state index in [-0.39, 0.29) is 23.6 Å². The van der Waals surface area contributed by atoms with Gasteiger partial charge in [0, 0.05) is 5.56 Å². The number of phenolic OH excluding ortho intramolecular Hbond substituents is 1. The Bertz CT molecular complexity index is 1450. The summed E-state index contributed by atoms with van der Waals surface area (Å²) in [5, 5.41) is 21.0. The Morgan fingerprint density at radius 3 is 2.35 bits per heavy atom. The molecule has 1 aliphatic rings. The lowest BCUT2D eigenvalue weighted by Gasteiger charge is -2.24. The fourth-order valence-electron chi connectivity index (χ4n) is 4.41. The topological polar surface area (TPSA) is 100 Å². The standard InChI is InChI=1S/C30H25NO6/c1-19-5-2-3-6-22(19)18-37-24-14-10-21(11-15-24)28(33)26-27(20-8-12-23(32)13-9-20)31(30(35)29(26)34)17-25-7-4-16-36-25/h2-16,27,32-33H,17-18H2,1H3/t27-/m1/s1. The summed E-state index contributed by atoms with van der Waals surface area (Å²) in [7, 11) is 0. The number of ether oxygens (including phenoxy) is 1. The first kappa shape index (κ1) is 23.9. The molecule has 0 spiro atoms. The van der Waals surface area contributed by atoms with Crippen molar-refractivity contribution in [3.8, 4) is 11.5 Å². The van der Waals surface area contributed by atoms with Crippen LogP contribution < -0.4 is 4.74 Å². The number of likely N-dealkylation sites (tertiary alicyclic amines) is 1. The molecule has 7 nitrogen and oxygen atoms in total. The third-order valence-electron chi connectivity index (χ3n) is 6.44. The zero-order chi connectivity index (χ0) is 25.9. The van der Waals surface area contributed by atoms with Gasteiger partial charge in [-0.25, -0.2) is 0 Å². The lowest BCUT2D eigenvalue weighted by atomic mass is 9.95. The van der Waals surface area contributed by atoms with Gasteiger partial charge in [-0.15, -0.1) is 0 Å². The zero-order valence-corrected chi connectivity index (χ0v) is 20.1. The number of hydrogen-bond acceptors (Lipinski definition) is 6. The van der Waals surface area contributed by atoms with Crippen LogP contribution in [0.5, 0.6) is 11.5 Å². The van der Waals surface area contributed by atoms with Gasteiger partial charge < -0.3 is 24.3 Å². The summed E-state index contributed by atoms with van der Waals surface area (Å²) in [6.45, 7) is 2.47. The van der Waals surface area contributed by atoms with Gasteiger partial charge in [-0.05, 0) is 72.1 Å². The predicted octanol–water partition coefficient (Wildman–Crippen LogP) is 5.49. The van der Waals surface area contributed by atoms with Gasteiger partial charge in [0.25, 0.3) is 11.7 Å². The lowest BCUT2D eigenvalue weighted by molar-refractivity contribution is -0.140. The Balaban J connectivity index is 1.47. The van der Waals surface area contributed by atoms with Crippen LogP contribution in [0.3, 0.4) is 0 Å². The van der Waals surface area contributed by atoms with Gasteiger partial charge in [0.15, 0.2) is 0 Å². The first-order valence-corrected chi connectivity index (χ1v) is 11.8. The van der Waals surface area contributed by atoms with Crippen LogP contribution >= 0.6 is 0 Å². The van der Waals surface area contributed by atoms with Crippen molar-refractivity contribution < 1.29 is 29.0 Å². The quantitative estimate of drug-likeness (QED) is 0.200. The summed E-state index contributed by atoms with van der Waals surface area (Å²) in [6, 6.07) is 23.4. The molecule has 1 amide bonds. The highest BCUT2D eigenvalue weighted by Crippen LogP contribution is 2.40. The number of furan rings is 1. The predicted molar refractivity (Wildman–Crippen MR) is 137 cm³/mol. The Hall–Kier alpha value is -4.78. The molecule has 2 N–H and O–H groups in total. The van der Waals surface area contributed by atoms with Crippen LogP contribution in [0.1, 0.15) is 34.1 Å². The number of amides is 1. The molecule has 0 radical (unpaired) electrons. The van der Waals surface area contributed by atoms with E-state index in [1.165, 1.54) is 23.3 Å². The van der Waals surface area contributed by atoms with Gasteiger partial charge in [0.2, 0.25) is 0 Å². The van der Waals surface area contributed by atoms with Crippen LogP contribution in [0, 0.1) is 6.92 Å². The average Bonchev–Trinajstić information content (AvgIpc) is 3.51. The Kier molecular flexibility index (Phi) is 6.51. The molecule has 0 bridgehead atoms. The molecule has 5 rings (SSSR count). The van der Waals surface area contributed by atoms with Crippen LogP contribution in [0.25, 0.3) is 5.76 Å². The summed E-state index contributed by atoms with van der Waals surface area (Å²) in [5.74, 6) is -0.665. The lowest BCUT2D eigenvalue weighted by Crippen LogP contribution is -2.29. The molecule has 1 aliphatic heterocycles. The number of hydrogen-bond donors (Lipinski definition) is 2. The monoisotopic (exact) mass is 495 g/mol. The van der Waals surface area contributed by atoms with Crippen LogP contribution in [0.2, 0.25) is 0 Å². The molecule has 7 heteroatoms. The molecule has 3 aromatic carbocycles. The Morgan fingerprint density at radius 1 is 0.946 bits per heavy atom. The number of aromatic hydroxyl groups is 1. The van der Waals surface area contributed by atoms with Crippen LogP contribution in [0.4, 0.5) is 0 Å². The number of Topliss-reactive ketones (excluding diaryl/α,β-unsaturated/α-hetero) is 1. The minimum Gasteiger partial charge on any atom is -0.508 e. The van der Waals surface area contributed by atoms with E-state index in [9.17, 15) is 19.8 Å². The van der Waals surface area contributed by atoms with Gasteiger partial charge in [-0.2, -0.15) is 0 Å². The minimum atomic E-state index is -0.859. The van der Waals surface area contributed by atoms with Crippen LogP contribution in [0.15, 0.2) is 101 Å². The Labute approximate surface area is 213 Å². The number of ketones is 1. The van der Waals surface area contributed by atoms with Crippen LogP contribution in [-0.4, -0.2) is 26.8 Å². The molecule has 37 heavy (non-hydrogen) atoms. The molecule has 1 fully saturated rings. The number of carbonyl (C=O) groups is 2. The van der Waals surface area contributed by atoms with E-state index in [0.717, 1.165) is 11.1 Å². The summed E-state index contributed by atoms with van der Waals surface area (Å²) in [5.41, 5.74) is 3.12. The van der Waals surface area contributed by atoms with E-state index in [1.54, 1.807) is 48.5 Å². The number of aryl methyl sites for hydroxylation is 1. The number of benzene rings is 3. The van der Waals surface area contributed by atoms with Crippen molar-refractivity contribution in [2.45, 2.75) is 26.1 Å². The zero-order valence-electron chi connectivity index (χ0n) is 20.1. The second-order valence-corrected chi connectivity index (χ2v) is 8.84. The first-order valence-electron chi connectivity index (χ1n) is 11.8. The van der Waals surface area contributed by atoms with E-state index in [4.69, 9.17) is 9.15 Å². The van der Waals surface area contributed by atoms with Crippen molar-refractivity contribution in [3.63, 3.8) is 0 Å². The number of nitrogens with zero attached hydrogens (tertiary/aromatic N) is 1. The van der Waals surface area contributed by atoms with Crippen molar-refractivity contribution in [1.29, 1.82) is 0 Å². The smallest absolute Gasteiger partial charge is 0.296 e. The van der Waals surface area contributed by atoms with Crippen LogP contribution in [-0.2, 0) is 22.7 Å². The highest BCUT2D eigenvalue weighted by molar-refractivity contribution is 6.46. The number of phenols is 1. The maximum absolute atomic E-state index is 13.2. The van der Waals surface area contributed by atoms with E-state index in [2.05, 4.69) is 0 Å². The number of aliphatic hydroxyl groups excluding tert-OH is 1. The maximum Gasteiger partial charge on any atom is 0.296 e. The van der Waals surface area contributed by atoms with E-state index >= 15 is 0 Å². The third kappa shape index (κ3) is 4.84. The molecule has 0 saturated carbocycles. The fraction of sp³-hybridized carbons (Fsp3) is 0.133. The molecule has 0 unspecified atom stereocenters. The fourth-order valence-corrected chi connectivity index (χ4v) is 4.41. The minimum absolute atomic E-state index is 0.0316. The van der Waals surface area contributed by atoms with E-state index in [0.29, 0.717) is 29.2 Å². The molecular weight excluding hydrogens is 470 g/mol. The molecular formula is C30H25NO6. The number of rotatable bonds is 7. The highest BCUT2D eigenvalue weighted by Gasteiger charge is 2.46. The Morgan fingerprint density at radius 2 is 1.68 bits per heavy atom. The van der Waals surface area contributed by atoms with Crippen molar-refractivity contribution >= 4 is 17.4 Å². The van der Waals surface area contributed by atoms with Crippen molar-refractivity contribution in [2.24, 2.45) is 0 Å². The summed E-state index contributed by atoms with van der Waals surface area (Å²) < 4.78 is 11.3. The van der Waals surface area contributed by atoms with Gasteiger partial charge in [-0.3, -0.25) is 9.59 Å². The number of carbonyl (C=O) groups excluding carboxylic acids is 2. The molecule has 186 valence electrons. The first-order chi connectivity index (χ1) is 17.9. The SMILES string of the molecule is Cc1ccccc1COc1ccc(C(O)=C2C(=O)C(=O)N(Cc3ccco3)[C@@H]2c2ccc(O)cc2)cc1. The van der Waals surface area contributed by atoms with Gasteiger partial charge in [-0.1, -0.05) is 36.4 Å².